The summed E-state index contributed by atoms with van der Waals surface area (Å²) in [6.07, 6.45) is 9.42. The van der Waals surface area contributed by atoms with Crippen LogP contribution in [0.5, 0.6) is 5.75 Å². The molecule has 1 aliphatic rings. The van der Waals surface area contributed by atoms with Crippen molar-refractivity contribution in [3.63, 3.8) is 0 Å². The minimum absolute atomic E-state index is 0.260. The number of aromatic amines is 1. The molecule has 1 saturated carbocycles. The van der Waals surface area contributed by atoms with E-state index in [1.54, 1.807) is 7.11 Å². The molecular formula is C21H22N6O. The number of anilines is 2. The van der Waals surface area contributed by atoms with E-state index in [1.165, 1.54) is 50.1 Å². The summed E-state index contributed by atoms with van der Waals surface area (Å²) in [5, 5.41) is 10.4. The van der Waals surface area contributed by atoms with Crippen molar-refractivity contribution in [1.29, 1.82) is 0 Å². The Morgan fingerprint density at radius 3 is 2.68 bits per heavy atom. The predicted octanol–water partition coefficient (Wildman–Crippen LogP) is 5.22. The van der Waals surface area contributed by atoms with E-state index in [9.17, 15) is 0 Å². The van der Waals surface area contributed by atoms with E-state index in [0.29, 0.717) is 17.6 Å². The second-order valence-corrected chi connectivity index (χ2v) is 6.96. The topological polar surface area (TPSA) is 80.1 Å². The molecule has 0 spiro atoms. The Morgan fingerprint density at radius 1 is 1.11 bits per heavy atom. The molecular weight excluding hydrogens is 352 g/mol. The fourth-order valence-corrected chi connectivity index (χ4v) is 3.72. The SMILES string of the molecule is [C-]#[N+]c1cnc(Nc2cc(-c3ccc(C4CCCCC4)cc3OC)[nH]n2)cn1. The van der Waals surface area contributed by atoms with Crippen molar-refractivity contribution in [2.45, 2.75) is 38.0 Å². The molecule has 4 rings (SSSR count). The fourth-order valence-electron chi connectivity index (χ4n) is 3.72. The second kappa shape index (κ2) is 8.09. The number of benzene rings is 1. The molecule has 0 aliphatic heterocycles. The summed E-state index contributed by atoms with van der Waals surface area (Å²) >= 11 is 0. The maximum atomic E-state index is 6.93. The predicted molar refractivity (Wildman–Crippen MR) is 108 cm³/mol. The van der Waals surface area contributed by atoms with E-state index in [-0.39, 0.29) is 5.82 Å². The highest BCUT2D eigenvalue weighted by atomic mass is 16.5. The monoisotopic (exact) mass is 374 g/mol. The molecule has 0 bridgehead atoms. The lowest BCUT2D eigenvalue weighted by Crippen LogP contribution is -2.04. The maximum Gasteiger partial charge on any atom is 0.288 e. The molecule has 2 heterocycles. The number of aromatic nitrogens is 4. The summed E-state index contributed by atoms with van der Waals surface area (Å²) in [4.78, 5) is 11.4. The van der Waals surface area contributed by atoms with Crippen molar-refractivity contribution in [2.75, 3.05) is 12.4 Å². The van der Waals surface area contributed by atoms with Crippen molar-refractivity contribution in [1.82, 2.24) is 20.2 Å². The molecule has 0 unspecified atom stereocenters. The largest absolute Gasteiger partial charge is 0.496 e. The summed E-state index contributed by atoms with van der Waals surface area (Å²) in [6.45, 7) is 6.93. The Labute approximate surface area is 164 Å². The Bertz CT molecular complexity index is 983. The molecule has 7 heteroatoms. The second-order valence-electron chi connectivity index (χ2n) is 6.96. The molecule has 1 aromatic carbocycles. The minimum Gasteiger partial charge on any atom is -0.496 e. The highest BCUT2D eigenvalue weighted by molar-refractivity contribution is 5.71. The number of H-pyrrole nitrogens is 1. The Morgan fingerprint density at radius 2 is 1.96 bits per heavy atom. The molecule has 0 atom stereocenters. The first-order valence-electron chi connectivity index (χ1n) is 9.47. The average Bonchev–Trinajstić information content (AvgIpc) is 3.22. The third kappa shape index (κ3) is 3.81. The van der Waals surface area contributed by atoms with Crippen LogP contribution in [-0.4, -0.2) is 27.3 Å². The molecule has 2 aromatic heterocycles. The molecule has 1 aliphatic carbocycles. The van der Waals surface area contributed by atoms with Gasteiger partial charge in [0, 0.05) is 11.6 Å². The number of methoxy groups -OCH3 is 1. The molecule has 1 fully saturated rings. The molecule has 0 amide bonds. The summed E-state index contributed by atoms with van der Waals surface area (Å²) < 4.78 is 5.67. The smallest absolute Gasteiger partial charge is 0.288 e. The van der Waals surface area contributed by atoms with Gasteiger partial charge in [0.1, 0.15) is 5.75 Å². The van der Waals surface area contributed by atoms with Crippen LogP contribution in [0.25, 0.3) is 16.1 Å². The van der Waals surface area contributed by atoms with Crippen LogP contribution in [0.1, 0.15) is 43.6 Å². The molecule has 2 N–H and O–H groups in total. The Kier molecular flexibility index (Phi) is 5.20. The van der Waals surface area contributed by atoms with E-state index in [4.69, 9.17) is 11.3 Å². The van der Waals surface area contributed by atoms with Gasteiger partial charge < -0.3 is 14.9 Å². The summed E-state index contributed by atoms with van der Waals surface area (Å²) in [5.74, 6) is 2.89. The van der Waals surface area contributed by atoms with Crippen LogP contribution in [0, 0.1) is 6.57 Å². The summed E-state index contributed by atoms with van der Waals surface area (Å²) in [5.41, 5.74) is 3.19. The van der Waals surface area contributed by atoms with E-state index < -0.39 is 0 Å². The lowest BCUT2D eigenvalue weighted by molar-refractivity contribution is 0.411. The Hall–Kier alpha value is -3.40. The molecule has 7 nitrogen and oxygen atoms in total. The fraction of sp³-hybridized carbons (Fsp3) is 0.333. The zero-order chi connectivity index (χ0) is 19.3. The van der Waals surface area contributed by atoms with Gasteiger partial charge in [0.15, 0.2) is 17.8 Å². The van der Waals surface area contributed by atoms with Crippen LogP contribution in [0.3, 0.4) is 0 Å². The molecule has 3 aromatic rings. The third-order valence-corrected chi connectivity index (χ3v) is 5.18. The minimum atomic E-state index is 0.260. The van der Waals surface area contributed by atoms with Crippen LogP contribution in [0.2, 0.25) is 0 Å². The molecule has 0 saturated heterocycles. The zero-order valence-electron chi connectivity index (χ0n) is 15.8. The first-order chi connectivity index (χ1) is 13.8. The van der Waals surface area contributed by atoms with E-state index in [2.05, 4.69) is 48.5 Å². The first kappa shape index (κ1) is 18.0. The van der Waals surface area contributed by atoms with Gasteiger partial charge in [-0.25, -0.2) is 4.98 Å². The van der Waals surface area contributed by atoms with Gasteiger partial charge in [-0.3, -0.25) is 5.10 Å². The van der Waals surface area contributed by atoms with Crippen LogP contribution in [0.15, 0.2) is 36.7 Å². The first-order valence-corrected chi connectivity index (χ1v) is 9.47. The Balaban J connectivity index is 1.54. The van der Waals surface area contributed by atoms with Crippen LogP contribution in [-0.2, 0) is 0 Å². The lowest BCUT2D eigenvalue weighted by atomic mass is 9.83. The van der Waals surface area contributed by atoms with Gasteiger partial charge in [0.2, 0.25) is 0 Å². The van der Waals surface area contributed by atoms with Crippen LogP contribution >= 0.6 is 0 Å². The number of nitrogens with one attached hydrogen (secondary N) is 2. The zero-order valence-corrected chi connectivity index (χ0v) is 15.8. The molecule has 0 radical (unpaired) electrons. The van der Waals surface area contributed by atoms with Crippen molar-refractivity contribution in [3.05, 3.63) is 53.6 Å². The summed E-state index contributed by atoms with van der Waals surface area (Å²) in [7, 11) is 1.70. The molecule has 142 valence electrons. The number of ether oxygens (including phenoxy) is 1. The van der Waals surface area contributed by atoms with Gasteiger partial charge in [-0.15, -0.1) is 4.98 Å². The van der Waals surface area contributed by atoms with Crippen LogP contribution in [0.4, 0.5) is 17.5 Å². The van der Waals surface area contributed by atoms with Crippen molar-refractivity contribution in [3.8, 4) is 17.0 Å². The number of rotatable bonds is 5. The van der Waals surface area contributed by atoms with Gasteiger partial charge in [-0.05, 0) is 36.5 Å². The average molecular weight is 374 g/mol. The highest BCUT2D eigenvalue weighted by Gasteiger charge is 2.18. The number of nitrogens with zero attached hydrogens (tertiary/aromatic N) is 4. The standard InChI is InChI=1S/C21H22N6O/c1-22-20-12-24-21(13-23-20)25-19-11-17(26-27-19)16-9-8-15(10-18(16)28-2)14-6-4-3-5-7-14/h8-14H,3-7H2,2H3,(H2,24,25,26,27). The van der Waals surface area contributed by atoms with Crippen LogP contribution < -0.4 is 10.1 Å². The number of hydrogen-bond acceptors (Lipinski definition) is 5. The maximum absolute atomic E-state index is 6.93. The van der Waals surface area contributed by atoms with E-state index >= 15 is 0 Å². The molecule has 28 heavy (non-hydrogen) atoms. The van der Waals surface area contributed by atoms with Gasteiger partial charge in [-0.2, -0.15) is 5.10 Å². The third-order valence-electron chi connectivity index (χ3n) is 5.18. The van der Waals surface area contributed by atoms with E-state index in [1.807, 2.05) is 6.07 Å². The van der Waals surface area contributed by atoms with Crippen molar-refractivity contribution in [2.24, 2.45) is 0 Å². The van der Waals surface area contributed by atoms with Gasteiger partial charge in [0.05, 0.1) is 19.0 Å². The summed E-state index contributed by atoms with van der Waals surface area (Å²) in [6, 6.07) is 8.37. The highest BCUT2D eigenvalue weighted by Crippen LogP contribution is 2.37. The van der Waals surface area contributed by atoms with Gasteiger partial charge in [-0.1, -0.05) is 31.9 Å². The number of hydrogen-bond donors (Lipinski definition) is 2. The van der Waals surface area contributed by atoms with Crippen molar-refractivity contribution < 1.29 is 4.74 Å². The van der Waals surface area contributed by atoms with E-state index in [0.717, 1.165) is 17.0 Å². The van der Waals surface area contributed by atoms with Gasteiger partial charge in [0.25, 0.3) is 5.82 Å². The lowest BCUT2D eigenvalue weighted by Gasteiger charge is -2.22. The van der Waals surface area contributed by atoms with Gasteiger partial charge >= 0.3 is 0 Å². The quantitative estimate of drug-likeness (QED) is 0.599. The van der Waals surface area contributed by atoms with Crippen molar-refractivity contribution >= 4 is 17.5 Å². The normalized spacial score (nSPS) is 14.4.